The fraction of sp³-hybridized carbons (Fsp3) is 0.545. The van der Waals surface area contributed by atoms with E-state index in [1.807, 2.05) is 27.7 Å². The van der Waals surface area contributed by atoms with Crippen molar-refractivity contribution in [2.75, 3.05) is 0 Å². The van der Waals surface area contributed by atoms with Gasteiger partial charge in [0.1, 0.15) is 0 Å². The van der Waals surface area contributed by atoms with Gasteiger partial charge in [-0.15, -0.1) is 0 Å². The van der Waals surface area contributed by atoms with E-state index in [1.54, 1.807) is 6.92 Å². The van der Waals surface area contributed by atoms with Crippen molar-refractivity contribution in [3.05, 3.63) is 28.1 Å². The van der Waals surface area contributed by atoms with Gasteiger partial charge >= 0.3 is 0 Å². The third kappa shape index (κ3) is 1.73. The van der Waals surface area contributed by atoms with Crippen LogP contribution >= 0.6 is 0 Å². The number of aliphatic hydroxyl groups is 1. The minimum absolute atomic E-state index is 0.424. The van der Waals surface area contributed by atoms with Crippen LogP contribution in [0.4, 0.5) is 0 Å². The normalized spacial score (nSPS) is 13.1. The lowest BCUT2D eigenvalue weighted by atomic mass is 9.98. The van der Waals surface area contributed by atoms with Crippen molar-refractivity contribution in [1.29, 1.82) is 0 Å². The lowest BCUT2D eigenvalue weighted by Gasteiger charge is -2.15. The van der Waals surface area contributed by atoms with Crippen molar-refractivity contribution in [2.45, 2.75) is 40.7 Å². The van der Waals surface area contributed by atoms with Gasteiger partial charge in [0.05, 0.1) is 6.10 Å². The Bertz CT molecular complexity index is 329. The van der Waals surface area contributed by atoms with Crippen LogP contribution in [0.2, 0.25) is 0 Å². The van der Waals surface area contributed by atoms with E-state index in [0.717, 1.165) is 17.0 Å². The maximum absolute atomic E-state index is 9.56. The van der Waals surface area contributed by atoms with Gasteiger partial charge in [-0.1, -0.05) is 0 Å². The summed E-state index contributed by atoms with van der Waals surface area (Å²) in [5, 5.41) is 9.56. The monoisotopic (exact) mass is 179 g/mol. The molecular formula is C11H17NO. The molecule has 2 nitrogen and oxygen atoms in total. The molecule has 0 saturated heterocycles. The van der Waals surface area contributed by atoms with Gasteiger partial charge in [-0.3, -0.25) is 4.98 Å². The molecule has 13 heavy (non-hydrogen) atoms. The molecule has 0 saturated carbocycles. The van der Waals surface area contributed by atoms with Gasteiger partial charge < -0.3 is 5.11 Å². The summed E-state index contributed by atoms with van der Waals surface area (Å²) in [7, 11) is 0. The quantitative estimate of drug-likeness (QED) is 0.718. The first kappa shape index (κ1) is 10.2. The van der Waals surface area contributed by atoms with E-state index in [-0.39, 0.29) is 0 Å². The average Bonchev–Trinajstić information content (AvgIpc) is 1.99. The van der Waals surface area contributed by atoms with E-state index < -0.39 is 6.10 Å². The molecule has 1 atom stereocenters. The van der Waals surface area contributed by atoms with E-state index in [0.29, 0.717) is 0 Å². The summed E-state index contributed by atoms with van der Waals surface area (Å²) in [5.41, 5.74) is 5.32. The Balaban J connectivity index is 3.44. The van der Waals surface area contributed by atoms with Gasteiger partial charge in [0.2, 0.25) is 0 Å². The molecule has 0 amide bonds. The zero-order valence-electron chi connectivity index (χ0n) is 8.97. The van der Waals surface area contributed by atoms with Gasteiger partial charge in [-0.2, -0.15) is 0 Å². The minimum Gasteiger partial charge on any atom is -0.389 e. The topological polar surface area (TPSA) is 33.1 Å². The molecule has 0 aliphatic carbocycles. The standard InChI is InChI=1S/C11H17NO/c1-6-7(2)11(10(5)13)9(4)12-8(6)3/h10,13H,1-5H3. The van der Waals surface area contributed by atoms with Gasteiger partial charge in [0.15, 0.2) is 0 Å². The number of aromatic nitrogens is 1. The number of pyridine rings is 1. The fourth-order valence-electron chi connectivity index (χ4n) is 1.76. The molecule has 1 rings (SSSR count). The maximum Gasteiger partial charge on any atom is 0.0782 e. The molecule has 1 aromatic heterocycles. The number of hydrogen-bond acceptors (Lipinski definition) is 2. The predicted octanol–water partition coefficient (Wildman–Crippen LogP) is 2.37. The first-order chi connectivity index (χ1) is 5.95. The van der Waals surface area contributed by atoms with Gasteiger partial charge in [-0.25, -0.2) is 0 Å². The molecule has 1 N–H and O–H groups in total. The molecule has 0 radical (unpaired) electrons. The molecule has 0 bridgehead atoms. The van der Waals surface area contributed by atoms with Crippen molar-refractivity contribution in [3.8, 4) is 0 Å². The first-order valence-corrected chi connectivity index (χ1v) is 4.57. The van der Waals surface area contributed by atoms with Crippen molar-refractivity contribution in [1.82, 2.24) is 4.98 Å². The van der Waals surface area contributed by atoms with Crippen LogP contribution in [-0.2, 0) is 0 Å². The Morgan fingerprint density at radius 2 is 1.54 bits per heavy atom. The molecule has 1 unspecified atom stereocenters. The summed E-state index contributed by atoms with van der Waals surface area (Å²) in [6.45, 7) is 9.82. The third-order valence-corrected chi connectivity index (χ3v) is 2.65. The average molecular weight is 179 g/mol. The summed E-state index contributed by atoms with van der Waals surface area (Å²) < 4.78 is 0. The molecule has 0 aromatic carbocycles. The summed E-state index contributed by atoms with van der Waals surface area (Å²) in [6.07, 6.45) is -0.424. The van der Waals surface area contributed by atoms with Crippen LogP contribution in [0.3, 0.4) is 0 Å². The van der Waals surface area contributed by atoms with Crippen LogP contribution < -0.4 is 0 Å². The third-order valence-electron chi connectivity index (χ3n) is 2.65. The summed E-state index contributed by atoms with van der Waals surface area (Å²) in [5.74, 6) is 0. The second kappa shape index (κ2) is 3.46. The predicted molar refractivity (Wildman–Crippen MR) is 53.8 cm³/mol. The number of rotatable bonds is 1. The van der Waals surface area contributed by atoms with Crippen molar-refractivity contribution >= 4 is 0 Å². The smallest absolute Gasteiger partial charge is 0.0782 e. The molecule has 0 spiro atoms. The zero-order valence-corrected chi connectivity index (χ0v) is 8.97. The number of aryl methyl sites for hydroxylation is 2. The second-order valence-electron chi connectivity index (χ2n) is 3.62. The summed E-state index contributed by atoms with van der Waals surface area (Å²) in [6, 6.07) is 0. The largest absolute Gasteiger partial charge is 0.389 e. The van der Waals surface area contributed by atoms with E-state index in [1.165, 1.54) is 11.1 Å². The van der Waals surface area contributed by atoms with Crippen molar-refractivity contribution in [3.63, 3.8) is 0 Å². The zero-order chi connectivity index (χ0) is 10.2. The van der Waals surface area contributed by atoms with E-state index in [9.17, 15) is 5.11 Å². The molecule has 0 fully saturated rings. The summed E-state index contributed by atoms with van der Waals surface area (Å²) in [4.78, 5) is 4.40. The fourth-order valence-corrected chi connectivity index (χ4v) is 1.76. The molecule has 0 aliphatic rings. The molecule has 1 heterocycles. The number of nitrogens with zero attached hydrogens (tertiary/aromatic N) is 1. The second-order valence-corrected chi connectivity index (χ2v) is 3.62. The number of hydrogen-bond donors (Lipinski definition) is 1. The highest BCUT2D eigenvalue weighted by Crippen LogP contribution is 2.24. The Kier molecular flexibility index (Phi) is 2.71. The Labute approximate surface area is 79.6 Å². The van der Waals surface area contributed by atoms with Gasteiger partial charge in [0.25, 0.3) is 0 Å². The molecule has 2 heteroatoms. The lowest BCUT2D eigenvalue weighted by Crippen LogP contribution is -2.05. The SMILES string of the molecule is Cc1nc(C)c(C(C)O)c(C)c1C. The van der Waals surface area contributed by atoms with Crippen molar-refractivity contribution in [2.24, 2.45) is 0 Å². The molecule has 0 aliphatic heterocycles. The van der Waals surface area contributed by atoms with E-state index >= 15 is 0 Å². The van der Waals surface area contributed by atoms with Gasteiger partial charge in [0, 0.05) is 17.0 Å². The minimum atomic E-state index is -0.424. The highest BCUT2D eigenvalue weighted by Gasteiger charge is 2.12. The van der Waals surface area contributed by atoms with Gasteiger partial charge in [-0.05, 0) is 45.7 Å². The van der Waals surface area contributed by atoms with Crippen LogP contribution in [-0.4, -0.2) is 10.1 Å². The molecule has 72 valence electrons. The van der Waals surface area contributed by atoms with E-state index in [4.69, 9.17) is 0 Å². The Hall–Kier alpha value is -0.890. The first-order valence-electron chi connectivity index (χ1n) is 4.57. The van der Waals surface area contributed by atoms with Crippen LogP contribution in [0.25, 0.3) is 0 Å². The Morgan fingerprint density at radius 3 is 2.00 bits per heavy atom. The number of aliphatic hydroxyl groups excluding tert-OH is 1. The Morgan fingerprint density at radius 1 is 1.00 bits per heavy atom. The maximum atomic E-state index is 9.56. The van der Waals surface area contributed by atoms with E-state index in [2.05, 4.69) is 4.98 Å². The van der Waals surface area contributed by atoms with Crippen molar-refractivity contribution < 1.29 is 5.11 Å². The van der Waals surface area contributed by atoms with Crippen LogP contribution in [0, 0.1) is 27.7 Å². The van der Waals surface area contributed by atoms with Crippen LogP contribution in [0.15, 0.2) is 0 Å². The molecule has 1 aromatic rings. The van der Waals surface area contributed by atoms with Crippen LogP contribution in [0.5, 0.6) is 0 Å². The lowest BCUT2D eigenvalue weighted by molar-refractivity contribution is 0.197. The highest BCUT2D eigenvalue weighted by molar-refractivity contribution is 5.39. The summed E-state index contributed by atoms with van der Waals surface area (Å²) >= 11 is 0. The highest BCUT2D eigenvalue weighted by atomic mass is 16.3. The van der Waals surface area contributed by atoms with Crippen LogP contribution in [0.1, 0.15) is 41.1 Å². The molecular weight excluding hydrogens is 162 g/mol.